The van der Waals surface area contributed by atoms with Gasteiger partial charge in [0.2, 0.25) is 5.91 Å². The maximum Gasteiger partial charge on any atom is 0.230 e. The highest BCUT2D eigenvalue weighted by molar-refractivity contribution is 7.99. The number of amides is 1. The number of aryl methyl sites for hydroxylation is 1. The molecule has 1 heterocycles. The topological polar surface area (TPSA) is 56.1 Å². The van der Waals surface area contributed by atoms with E-state index in [2.05, 4.69) is 29.4 Å². The Labute approximate surface area is 163 Å². The van der Waals surface area contributed by atoms with E-state index in [1.54, 1.807) is 13.3 Å². The number of carbonyl (C=O) groups excluding carboxylic acids is 1. The van der Waals surface area contributed by atoms with Crippen LogP contribution in [0.5, 0.6) is 5.75 Å². The van der Waals surface area contributed by atoms with E-state index in [4.69, 9.17) is 4.74 Å². The minimum Gasteiger partial charge on any atom is -0.496 e. The average molecular weight is 382 g/mol. The third kappa shape index (κ3) is 4.71. The van der Waals surface area contributed by atoms with Gasteiger partial charge in [0.05, 0.1) is 18.9 Å². The van der Waals surface area contributed by atoms with Crippen LogP contribution in [0.3, 0.4) is 0 Å². The van der Waals surface area contributed by atoms with Gasteiger partial charge in [0.25, 0.3) is 0 Å². The molecule has 0 aliphatic carbocycles. The number of nitrogens with one attached hydrogen (secondary N) is 1. The number of hydrogen-bond donors (Lipinski definition) is 1. The first-order valence-electron chi connectivity index (χ1n) is 8.74. The molecule has 1 N–H and O–H groups in total. The van der Waals surface area contributed by atoms with E-state index < -0.39 is 0 Å². The van der Waals surface area contributed by atoms with Crippen LogP contribution in [0.1, 0.15) is 24.1 Å². The van der Waals surface area contributed by atoms with Crippen LogP contribution >= 0.6 is 11.8 Å². The van der Waals surface area contributed by atoms with Gasteiger partial charge >= 0.3 is 0 Å². The van der Waals surface area contributed by atoms with Gasteiger partial charge in [0.15, 0.2) is 5.16 Å². The van der Waals surface area contributed by atoms with Crippen molar-refractivity contribution in [3.05, 3.63) is 72.1 Å². The SMILES string of the molecule is COc1ccccc1C(C)NC(=O)CSc1nccn1-c1cccc(C)c1. The van der Waals surface area contributed by atoms with Gasteiger partial charge in [-0.1, -0.05) is 42.1 Å². The van der Waals surface area contributed by atoms with Gasteiger partial charge in [0, 0.05) is 23.6 Å². The summed E-state index contributed by atoms with van der Waals surface area (Å²) in [5.74, 6) is 1.02. The smallest absolute Gasteiger partial charge is 0.230 e. The largest absolute Gasteiger partial charge is 0.496 e. The van der Waals surface area contributed by atoms with Gasteiger partial charge < -0.3 is 10.1 Å². The molecule has 3 rings (SSSR count). The van der Waals surface area contributed by atoms with Crippen molar-refractivity contribution in [3.63, 3.8) is 0 Å². The van der Waals surface area contributed by atoms with Crippen LogP contribution in [-0.4, -0.2) is 28.3 Å². The van der Waals surface area contributed by atoms with Gasteiger partial charge in [0.1, 0.15) is 5.75 Å². The molecule has 0 bridgehead atoms. The molecule has 1 amide bonds. The fraction of sp³-hybridized carbons (Fsp3) is 0.238. The minimum atomic E-state index is -0.134. The predicted octanol–water partition coefficient (Wildman–Crippen LogP) is 4.16. The Morgan fingerprint density at radius 1 is 1.26 bits per heavy atom. The number of benzene rings is 2. The van der Waals surface area contributed by atoms with Gasteiger partial charge in [-0.2, -0.15) is 0 Å². The highest BCUT2D eigenvalue weighted by Crippen LogP contribution is 2.25. The maximum absolute atomic E-state index is 12.4. The summed E-state index contributed by atoms with van der Waals surface area (Å²) in [6.07, 6.45) is 3.66. The van der Waals surface area contributed by atoms with Gasteiger partial charge in [-0.05, 0) is 37.6 Å². The summed E-state index contributed by atoms with van der Waals surface area (Å²) >= 11 is 1.42. The number of ether oxygens (including phenoxy) is 1. The van der Waals surface area contributed by atoms with E-state index in [1.807, 2.05) is 54.1 Å². The van der Waals surface area contributed by atoms with E-state index in [0.717, 1.165) is 22.2 Å². The molecule has 5 nitrogen and oxygen atoms in total. The summed E-state index contributed by atoms with van der Waals surface area (Å²) in [6.45, 7) is 4.01. The third-order valence-corrected chi connectivity index (χ3v) is 5.17. The summed E-state index contributed by atoms with van der Waals surface area (Å²) in [6, 6.07) is 15.8. The highest BCUT2D eigenvalue weighted by Gasteiger charge is 2.15. The number of thioether (sulfide) groups is 1. The second kappa shape index (κ2) is 8.77. The molecule has 3 aromatic rings. The Hall–Kier alpha value is -2.73. The molecule has 0 saturated heterocycles. The summed E-state index contributed by atoms with van der Waals surface area (Å²) in [7, 11) is 1.63. The monoisotopic (exact) mass is 381 g/mol. The Kier molecular flexibility index (Phi) is 6.19. The molecule has 0 aliphatic rings. The van der Waals surface area contributed by atoms with E-state index in [-0.39, 0.29) is 11.9 Å². The number of hydrogen-bond acceptors (Lipinski definition) is 4. The molecule has 6 heteroatoms. The molecule has 0 radical (unpaired) electrons. The van der Waals surface area contributed by atoms with E-state index >= 15 is 0 Å². The highest BCUT2D eigenvalue weighted by atomic mass is 32.2. The minimum absolute atomic E-state index is 0.0443. The standard InChI is InChI=1S/C21H23N3O2S/c1-15-7-6-8-17(13-15)24-12-11-22-21(24)27-14-20(25)23-16(2)18-9-4-5-10-19(18)26-3/h4-13,16H,14H2,1-3H3,(H,23,25). The quantitative estimate of drug-likeness (QED) is 0.625. The molecule has 1 atom stereocenters. The van der Waals surface area contributed by atoms with Crippen LogP contribution in [-0.2, 0) is 4.79 Å². The fourth-order valence-electron chi connectivity index (χ4n) is 2.89. The number of carbonyl (C=O) groups is 1. The lowest BCUT2D eigenvalue weighted by Crippen LogP contribution is -2.28. The summed E-state index contributed by atoms with van der Waals surface area (Å²) < 4.78 is 7.37. The van der Waals surface area contributed by atoms with Crippen molar-refractivity contribution >= 4 is 17.7 Å². The predicted molar refractivity (Wildman–Crippen MR) is 109 cm³/mol. The van der Waals surface area contributed by atoms with Crippen LogP contribution in [0.4, 0.5) is 0 Å². The molecule has 0 aliphatic heterocycles. The second-order valence-corrected chi connectivity index (χ2v) is 7.18. The molecule has 27 heavy (non-hydrogen) atoms. The zero-order valence-corrected chi connectivity index (χ0v) is 16.5. The van der Waals surface area contributed by atoms with Gasteiger partial charge in [-0.15, -0.1) is 0 Å². The number of methoxy groups -OCH3 is 1. The van der Waals surface area contributed by atoms with E-state index in [0.29, 0.717) is 5.75 Å². The molecule has 1 unspecified atom stereocenters. The number of nitrogens with zero attached hydrogens (tertiary/aromatic N) is 2. The zero-order chi connectivity index (χ0) is 19.2. The molecule has 140 valence electrons. The van der Waals surface area contributed by atoms with Gasteiger partial charge in [-0.3, -0.25) is 9.36 Å². The van der Waals surface area contributed by atoms with Crippen molar-refractivity contribution in [1.29, 1.82) is 0 Å². The Balaban J connectivity index is 1.63. The lowest BCUT2D eigenvalue weighted by molar-refractivity contribution is -0.119. The lowest BCUT2D eigenvalue weighted by atomic mass is 10.1. The molecule has 0 spiro atoms. The molecule has 1 aromatic heterocycles. The maximum atomic E-state index is 12.4. The van der Waals surface area contributed by atoms with Crippen molar-refractivity contribution in [2.45, 2.75) is 25.0 Å². The molecule has 0 saturated carbocycles. The second-order valence-electron chi connectivity index (χ2n) is 6.24. The lowest BCUT2D eigenvalue weighted by Gasteiger charge is -2.17. The van der Waals surface area contributed by atoms with Crippen LogP contribution < -0.4 is 10.1 Å². The van der Waals surface area contributed by atoms with Crippen LogP contribution in [0.2, 0.25) is 0 Å². The molecule has 0 fully saturated rings. The van der Waals surface area contributed by atoms with Gasteiger partial charge in [-0.25, -0.2) is 4.98 Å². The van der Waals surface area contributed by atoms with Crippen molar-refractivity contribution < 1.29 is 9.53 Å². The first-order chi connectivity index (χ1) is 13.1. The Morgan fingerprint density at radius 3 is 2.85 bits per heavy atom. The average Bonchev–Trinajstić information content (AvgIpc) is 3.15. The van der Waals surface area contributed by atoms with E-state index in [9.17, 15) is 4.79 Å². The Morgan fingerprint density at radius 2 is 2.07 bits per heavy atom. The van der Waals surface area contributed by atoms with Crippen LogP contribution in [0.25, 0.3) is 5.69 Å². The summed E-state index contributed by atoms with van der Waals surface area (Å²) in [5, 5.41) is 3.82. The van der Waals surface area contributed by atoms with Crippen molar-refractivity contribution in [3.8, 4) is 11.4 Å². The first kappa shape index (κ1) is 19.0. The summed E-state index contributed by atoms with van der Waals surface area (Å²) in [5.41, 5.74) is 3.18. The fourth-order valence-corrected chi connectivity index (χ4v) is 3.67. The molecule has 2 aromatic carbocycles. The summed E-state index contributed by atoms with van der Waals surface area (Å²) in [4.78, 5) is 16.8. The number of imidazole rings is 1. The van der Waals surface area contributed by atoms with E-state index in [1.165, 1.54) is 17.3 Å². The first-order valence-corrected chi connectivity index (χ1v) is 9.72. The van der Waals surface area contributed by atoms with Crippen LogP contribution in [0.15, 0.2) is 66.1 Å². The molecular weight excluding hydrogens is 358 g/mol. The number of rotatable bonds is 7. The van der Waals surface area contributed by atoms with Crippen LogP contribution in [0, 0.1) is 6.92 Å². The zero-order valence-electron chi connectivity index (χ0n) is 15.7. The third-order valence-electron chi connectivity index (χ3n) is 4.20. The number of para-hydroxylation sites is 1. The Bertz CT molecular complexity index is 923. The molecular formula is C21H23N3O2S. The normalized spacial score (nSPS) is 11.8. The number of aromatic nitrogens is 2. The van der Waals surface area contributed by atoms with Crippen molar-refractivity contribution in [1.82, 2.24) is 14.9 Å². The van der Waals surface area contributed by atoms with Crippen molar-refractivity contribution in [2.75, 3.05) is 12.9 Å². The van der Waals surface area contributed by atoms with Crippen molar-refractivity contribution in [2.24, 2.45) is 0 Å².